The summed E-state index contributed by atoms with van der Waals surface area (Å²) in [5.41, 5.74) is 1.19. The Morgan fingerprint density at radius 1 is 1.70 bits per heavy atom. The first-order chi connectivity index (χ1) is 4.88. The van der Waals surface area contributed by atoms with Crippen molar-refractivity contribution in [2.75, 3.05) is 0 Å². The minimum Gasteiger partial charge on any atom is -0.259 e. The van der Waals surface area contributed by atoms with Crippen molar-refractivity contribution in [3.8, 4) is 0 Å². The minimum absolute atomic E-state index is 0.0103. The van der Waals surface area contributed by atoms with Gasteiger partial charge in [0.1, 0.15) is 0 Å². The summed E-state index contributed by atoms with van der Waals surface area (Å²) in [5.74, 6) is 1.00. The van der Waals surface area contributed by atoms with Gasteiger partial charge in [0.15, 0.2) is 0 Å². The maximum absolute atomic E-state index is 5.21. The van der Waals surface area contributed by atoms with Crippen molar-refractivity contribution in [3.63, 3.8) is 0 Å². The molecule has 1 nitrogen and oxygen atoms in total. The Morgan fingerprint density at radius 3 is 3.40 bits per heavy atom. The summed E-state index contributed by atoms with van der Waals surface area (Å²) in [6, 6.07) is 4.04. The molecule has 1 aromatic heterocycles. The topological polar surface area (TPSA) is 12.9 Å². The van der Waals surface area contributed by atoms with Gasteiger partial charge in [0.25, 0.3) is 0 Å². The van der Waals surface area contributed by atoms with Gasteiger partial charge >= 0.3 is 0 Å². The molecule has 0 radical (unpaired) electrons. The molecule has 1 atom stereocenters. The zero-order valence-corrected chi connectivity index (χ0v) is 7.56. The van der Waals surface area contributed by atoms with Crippen molar-refractivity contribution < 1.29 is 0 Å². The average Bonchev–Trinajstić information content (AvgIpc) is 2.34. The Hall–Kier alpha value is 0.0700. The molecule has 0 saturated carbocycles. The van der Waals surface area contributed by atoms with Crippen LogP contribution in [0.15, 0.2) is 23.2 Å². The monoisotopic (exact) mass is 187 g/mol. The molecule has 0 aromatic carbocycles. The van der Waals surface area contributed by atoms with Gasteiger partial charge in [-0.25, -0.2) is 0 Å². The normalized spacial score (nSPS) is 22.6. The first-order valence-electron chi connectivity index (χ1n) is 2.87. The predicted octanol–water partition coefficient (Wildman–Crippen LogP) is 1.68. The van der Waals surface area contributed by atoms with Crippen LogP contribution in [0, 0.1) is 0 Å². The summed E-state index contributed by atoms with van der Waals surface area (Å²) in [7, 11) is 1.80. The molecule has 1 aliphatic heterocycles. The molecule has 1 unspecified atom stereocenters. The zero-order chi connectivity index (χ0) is 6.97. The van der Waals surface area contributed by atoms with Gasteiger partial charge in [0, 0.05) is 16.8 Å². The smallest absolute Gasteiger partial charge is 0.0658 e. The Kier molecular flexibility index (Phi) is 1.76. The van der Waals surface area contributed by atoms with Crippen molar-refractivity contribution >= 4 is 30.5 Å². The van der Waals surface area contributed by atoms with E-state index >= 15 is 0 Å². The Morgan fingerprint density at radius 2 is 2.60 bits per heavy atom. The maximum atomic E-state index is 5.21. The van der Waals surface area contributed by atoms with Crippen molar-refractivity contribution in [3.05, 3.63) is 24.0 Å². The van der Waals surface area contributed by atoms with Crippen molar-refractivity contribution in [1.82, 2.24) is 4.98 Å². The van der Waals surface area contributed by atoms with E-state index in [1.807, 2.05) is 12.3 Å². The summed E-state index contributed by atoms with van der Waals surface area (Å²) in [6.45, 7) is 0. The van der Waals surface area contributed by atoms with Gasteiger partial charge in [-0.2, -0.15) is 0 Å². The largest absolute Gasteiger partial charge is 0.259 e. The van der Waals surface area contributed by atoms with Crippen LogP contribution in [-0.4, -0.2) is 4.98 Å². The van der Waals surface area contributed by atoms with Gasteiger partial charge < -0.3 is 0 Å². The second-order valence-electron chi connectivity index (χ2n) is 1.95. The lowest BCUT2D eigenvalue weighted by molar-refractivity contribution is 1.11. The Balaban J connectivity index is 2.61. The average molecular weight is 187 g/mol. The second kappa shape index (κ2) is 2.60. The number of aromatic nitrogens is 1. The standard InChI is InChI=1S/C6H5NS3/c8-10-6-2-1-3-7-5(6)4-9-10/h1-3H,4H2. The van der Waals surface area contributed by atoms with Crippen LogP contribution in [0.4, 0.5) is 0 Å². The van der Waals surface area contributed by atoms with E-state index in [1.54, 1.807) is 10.8 Å². The summed E-state index contributed by atoms with van der Waals surface area (Å²) >= 11 is 5.21. The van der Waals surface area contributed by atoms with Crippen LogP contribution in [0.2, 0.25) is 0 Å². The van der Waals surface area contributed by atoms with E-state index in [-0.39, 0.29) is 8.49 Å². The van der Waals surface area contributed by atoms with E-state index in [0.29, 0.717) is 0 Å². The van der Waals surface area contributed by atoms with E-state index in [2.05, 4.69) is 11.1 Å². The van der Waals surface area contributed by atoms with Crippen LogP contribution in [0.3, 0.4) is 0 Å². The van der Waals surface area contributed by atoms with Crippen molar-refractivity contribution in [1.29, 1.82) is 0 Å². The lowest BCUT2D eigenvalue weighted by Crippen LogP contribution is -1.84. The van der Waals surface area contributed by atoms with Gasteiger partial charge in [-0.15, -0.1) is 0 Å². The van der Waals surface area contributed by atoms with Gasteiger partial charge in [-0.3, -0.25) is 4.98 Å². The summed E-state index contributed by atoms with van der Waals surface area (Å²) < 4.78 is 0. The quantitative estimate of drug-likeness (QED) is 0.574. The number of hydrogen-bond acceptors (Lipinski definition) is 3. The molecule has 0 aliphatic carbocycles. The first kappa shape index (κ1) is 6.76. The summed E-state index contributed by atoms with van der Waals surface area (Å²) in [6.07, 6.45) is 1.83. The van der Waals surface area contributed by atoms with Crippen LogP contribution in [0.1, 0.15) is 5.69 Å². The minimum atomic E-state index is -0.0103. The summed E-state index contributed by atoms with van der Waals surface area (Å²) in [5, 5.41) is 0. The molecule has 0 amide bonds. The van der Waals surface area contributed by atoms with E-state index in [9.17, 15) is 0 Å². The van der Waals surface area contributed by atoms with Crippen LogP contribution in [0.25, 0.3) is 0 Å². The van der Waals surface area contributed by atoms with Crippen LogP contribution in [-0.2, 0) is 25.4 Å². The van der Waals surface area contributed by atoms with Crippen LogP contribution >= 0.6 is 10.8 Å². The van der Waals surface area contributed by atoms with Crippen LogP contribution in [0.5, 0.6) is 0 Å². The molecule has 0 bridgehead atoms. The molecule has 52 valence electrons. The van der Waals surface area contributed by atoms with Crippen molar-refractivity contribution in [2.45, 2.75) is 10.6 Å². The van der Waals surface area contributed by atoms with Gasteiger partial charge in [0.2, 0.25) is 0 Å². The third-order valence-corrected chi connectivity index (χ3v) is 5.61. The highest BCUT2D eigenvalue weighted by atomic mass is 33.3. The summed E-state index contributed by atoms with van der Waals surface area (Å²) in [4.78, 5) is 5.50. The molecule has 0 fully saturated rings. The van der Waals surface area contributed by atoms with Gasteiger partial charge in [-0.05, 0) is 31.8 Å². The van der Waals surface area contributed by atoms with Gasteiger partial charge in [0.05, 0.1) is 5.69 Å². The number of nitrogens with zero attached hydrogens (tertiary/aromatic N) is 1. The molecule has 2 heterocycles. The molecule has 0 N–H and O–H groups in total. The van der Waals surface area contributed by atoms with Gasteiger partial charge in [-0.1, -0.05) is 10.8 Å². The molecular formula is C6H5NS3. The van der Waals surface area contributed by atoms with E-state index < -0.39 is 0 Å². The molecule has 10 heavy (non-hydrogen) atoms. The third kappa shape index (κ3) is 1.00. The highest BCUT2D eigenvalue weighted by molar-refractivity contribution is 8.82. The molecular weight excluding hydrogens is 182 g/mol. The lowest BCUT2D eigenvalue weighted by atomic mass is 10.4. The number of hydrogen-bond donors (Lipinski definition) is 0. The van der Waals surface area contributed by atoms with E-state index in [0.717, 1.165) is 5.75 Å². The molecule has 0 saturated heterocycles. The molecule has 0 spiro atoms. The molecule has 4 heteroatoms. The molecule has 1 aliphatic rings. The predicted molar refractivity (Wildman–Crippen MR) is 48.5 cm³/mol. The fourth-order valence-corrected chi connectivity index (χ4v) is 4.41. The molecule has 2 rings (SSSR count). The highest BCUT2D eigenvalue weighted by Crippen LogP contribution is 2.32. The Bertz CT molecular complexity index is 284. The van der Waals surface area contributed by atoms with E-state index in [4.69, 9.17) is 11.2 Å². The number of fused-ring (bicyclic) bond motifs is 1. The third-order valence-electron chi connectivity index (χ3n) is 1.33. The lowest BCUT2D eigenvalue weighted by Gasteiger charge is -1.92. The number of pyridine rings is 1. The first-order valence-corrected chi connectivity index (χ1v) is 6.52. The SMILES string of the molecule is S=S1SCc2ncccc21. The number of rotatable bonds is 0. The fourth-order valence-electron chi connectivity index (χ4n) is 0.856. The Labute approximate surface area is 70.2 Å². The maximum Gasteiger partial charge on any atom is 0.0658 e. The van der Waals surface area contributed by atoms with E-state index in [1.165, 1.54) is 10.6 Å². The fraction of sp³-hybridized carbons (Fsp3) is 0.167. The highest BCUT2D eigenvalue weighted by Gasteiger charge is 2.15. The zero-order valence-electron chi connectivity index (χ0n) is 5.11. The van der Waals surface area contributed by atoms with Crippen molar-refractivity contribution in [2.24, 2.45) is 0 Å². The molecule has 1 aromatic rings. The second-order valence-corrected chi connectivity index (χ2v) is 6.72. The van der Waals surface area contributed by atoms with Crippen LogP contribution < -0.4 is 0 Å².